The van der Waals surface area contributed by atoms with Gasteiger partial charge in [-0.1, -0.05) is 11.6 Å². The lowest BCUT2D eigenvalue weighted by Crippen LogP contribution is -2.41. The molecule has 0 aliphatic carbocycles. The van der Waals surface area contributed by atoms with E-state index in [2.05, 4.69) is 4.98 Å². The highest BCUT2D eigenvalue weighted by atomic mass is 35.5. The van der Waals surface area contributed by atoms with E-state index in [0.29, 0.717) is 17.7 Å². The van der Waals surface area contributed by atoms with E-state index in [1.807, 2.05) is 20.8 Å². The third-order valence-corrected chi connectivity index (χ3v) is 4.17. The number of aromatic nitrogens is 1. The molecule has 0 bridgehead atoms. The van der Waals surface area contributed by atoms with Crippen LogP contribution in [0.1, 0.15) is 38.5 Å². The molecule has 1 atom stereocenters. The fourth-order valence-corrected chi connectivity index (χ4v) is 3.13. The van der Waals surface area contributed by atoms with Crippen LogP contribution in [0, 0.1) is 0 Å². The van der Waals surface area contributed by atoms with E-state index in [1.165, 1.54) is 11.3 Å². The highest BCUT2D eigenvalue weighted by Crippen LogP contribution is 2.22. The third-order valence-electron chi connectivity index (χ3n) is 3.09. The van der Waals surface area contributed by atoms with E-state index in [0.717, 1.165) is 24.3 Å². The Hall–Kier alpha value is -0.850. The van der Waals surface area contributed by atoms with Crippen LogP contribution in [0.3, 0.4) is 0 Å². The van der Waals surface area contributed by atoms with Gasteiger partial charge in [-0.15, -0.1) is 11.3 Å². The fourth-order valence-electron chi connectivity index (χ4n) is 2.22. The van der Waals surface area contributed by atoms with Crippen LogP contribution in [0.5, 0.6) is 0 Å². The normalized spacial score (nSPS) is 19.0. The van der Waals surface area contributed by atoms with Gasteiger partial charge in [0.15, 0.2) is 4.47 Å². The van der Waals surface area contributed by atoms with Gasteiger partial charge in [-0.05, 0) is 33.6 Å². The summed E-state index contributed by atoms with van der Waals surface area (Å²) in [6, 6.07) is 0.0863. The Morgan fingerprint density at radius 2 is 2.33 bits per heavy atom. The predicted octanol–water partition coefficient (Wildman–Crippen LogP) is 3.71. The Morgan fingerprint density at radius 1 is 1.57 bits per heavy atom. The molecule has 0 N–H and O–H groups in total. The van der Waals surface area contributed by atoms with Gasteiger partial charge in [0.05, 0.1) is 24.1 Å². The van der Waals surface area contributed by atoms with E-state index in [9.17, 15) is 4.79 Å². The van der Waals surface area contributed by atoms with Gasteiger partial charge in [-0.2, -0.15) is 0 Å². The van der Waals surface area contributed by atoms with Crippen LogP contribution in [-0.2, 0) is 16.1 Å². The molecule has 1 aromatic heterocycles. The van der Waals surface area contributed by atoms with Gasteiger partial charge in [0.2, 0.25) is 0 Å². The molecule has 2 rings (SSSR count). The highest BCUT2D eigenvalue weighted by molar-refractivity contribution is 7.15. The fraction of sp³-hybridized carbons (Fsp3) is 0.714. The van der Waals surface area contributed by atoms with Crippen molar-refractivity contribution in [3.63, 3.8) is 0 Å². The minimum atomic E-state index is -0.468. The second-order valence-electron chi connectivity index (χ2n) is 6.06. The van der Waals surface area contributed by atoms with Crippen LogP contribution in [0.2, 0.25) is 4.47 Å². The van der Waals surface area contributed by atoms with Crippen molar-refractivity contribution in [1.29, 1.82) is 0 Å². The molecule has 0 aromatic carbocycles. The van der Waals surface area contributed by atoms with E-state index in [4.69, 9.17) is 21.1 Å². The van der Waals surface area contributed by atoms with Crippen molar-refractivity contribution in [2.45, 2.75) is 51.9 Å². The molecule has 0 radical (unpaired) electrons. The zero-order valence-corrected chi connectivity index (χ0v) is 14.2. The van der Waals surface area contributed by atoms with E-state index in [1.54, 1.807) is 11.1 Å². The Bertz CT molecular complexity index is 487. The molecule has 0 saturated carbocycles. The zero-order chi connectivity index (χ0) is 15.5. The molecule has 0 unspecified atom stereocenters. The predicted molar refractivity (Wildman–Crippen MR) is 82.7 cm³/mol. The summed E-state index contributed by atoms with van der Waals surface area (Å²) in [7, 11) is 0. The maximum Gasteiger partial charge on any atom is 0.410 e. The Balaban J connectivity index is 1.80. The highest BCUT2D eigenvalue weighted by Gasteiger charge is 2.32. The number of nitrogens with zero attached hydrogens (tertiary/aromatic N) is 2. The average Bonchev–Trinajstić information content (AvgIpc) is 2.96. The quantitative estimate of drug-likeness (QED) is 0.843. The number of hydrogen-bond acceptors (Lipinski definition) is 5. The number of carbonyl (C=O) groups is 1. The lowest BCUT2D eigenvalue weighted by atomic mass is 10.2. The second-order valence-corrected chi connectivity index (χ2v) is 7.76. The van der Waals surface area contributed by atoms with Crippen LogP contribution < -0.4 is 0 Å². The summed E-state index contributed by atoms with van der Waals surface area (Å²) in [6.45, 7) is 7.34. The first kappa shape index (κ1) is 16.5. The van der Waals surface area contributed by atoms with Crippen molar-refractivity contribution >= 4 is 29.0 Å². The number of likely N-dealkylation sites (tertiary alicyclic amines) is 1. The number of ether oxygens (including phenoxy) is 2. The summed E-state index contributed by atoms with van der Waals surface area (Å²) >= 11 is 7.18. The second kappa shape index (κ2) is 6.94. The van der Waals surface area contributed by atoms with Crippen molar-refractivity contribution in [3.8, 4) is 0 Å². The molecule has 5 nitrogen and oxygen atoms in total. The lowest BCUT2D eigenvalue weighted by molar-refractivity contribution is 0.00904. The first-order valence-electron chi connectivity index (χ1n) is 7.03. The molecular weight excluding hydrogens is 312 g/mol. The minimum Gasteiger partial charge on any atom is -0.444 e. The van der Waals surface area contributed by atoms with Crippen molar-refractivity contribution < 1.29 is 14.3 Å². The van der Waals surface area contributed by atoms with Crippen molar-refractivity contribution in [2.75, 3.05) is 13.2 Å². The molecule has 1 aliphatic heterocycles. The van der Waals surface area contributed by atoms with Gasteiger partial charge in [0.25, 0.3) is 0 Å². The number of hydrogen-bond donors (Lipinski definition) is 0. The number of thiazole rings is 1. The standard InChI is InChI=1S/C14H21ClN2O3S/c1-14(2,3)20-13(18)17-6-4-5-10(17)8-19-9-11-7-16-12(15)21-11/h7,10H,4-6,8-9H2,1-3H3/t10-/m1/s1. The van der Waals surface area contributed by atoms with Crippen molar-refractivity contribution in [2.24, 2.45) is 0 Å². The molecule has 1 aliphatic rings. The zero-order valence-electron chi connectivity index (χ0n) is 12.6. The van der Waals surface area contributed by atoms with Gasteiger partial charge in [-0.25, -0.2) is 9.78 Å². The number of amides is 1. The van der Waals surface area contributed by atoms with Crippen LogP contribution in [-0.4, -0.2) is 40.8 Å². The Labute approximate surface area is 134 Å². The largest absolute Gasteiger partial charge is 0.444 e. The van der Waals surface area contributed by atoms with Crippen LogP contribution in [0.25, 0.3) is 0 Å². The summed E-state index contributed by atoms with van der Waals surface area (Å²) < 4.78 is 11.6. The third kappa shape index (κ3) is 5.13. The van der Waals surface area contributed by atoms with Gasteiger partial charge in [0.1, 0.15) is 5.60 Å². The SMILES string of the molecule is CC(C)(C)OC(=O)N1CCC[C@@H]1COCc1cnc(Cl)s1. The lowest BCUT2D eigenvalue weighted by Gasteiger charge is -2.28. The van der Waals surface area contributed by atoms with E-state index in [-0.39, 0.29) is 12.1 Å². The average molecular weight is 333 g/mol. The number of halogens is 1. The minimum absolute atomic E-state index is 0.0863. The topological polar surface area (TPSA) is 51.7 Å². The van der Waals surface area contributed by atoms with Gasteiger partial charge in [-0.3, -0.25) is 0 Å². The molecular formula is C14H21ClN2O3S. The number of rotatable bonds is 4. The molecule has 118 valence electrons. The monoisotopic (exact) mass is 332 g/mol. The summed E-state index contributed by atoms with van der Waals surface area (Å²) in [5, 5.41) is 0. The number of carbonyl (C=O) groups excluding carboxylic acids is 1. The maximum absolute atomic E-state index is 12.1. The molecule has 7 heteroatoms. The van der Waals surface area contributed by atoms with E-state index < -0.39 is 5.60 Å². The van der Waals surface area contributed by atoms with E-state index >= 15 is 0 Å². The Morgan fingerprint density at radius 3 is 2.95 bits per heavy atom. The van der Waals surface area contributed by atoms with Crippen molar-refractivity contribution in [3.05, 3.63) is 15.5 Å². The molecule has 2 heterocycles. The Kier molecular flexibility index (Phi) is 5.46. The summed E-state index contributed by atoms with van der Waals surface area (Å²) in [4.78, 5) is 18.9. The van der Waals surface area contributed by atoms with Crippen molar-refractivity contribution in [1.82, 2.24) is 9.88 Å². The van der Waals surface area contributed by atoms with Gasteiger partial charge in [0, 0.05) is 12.7 Å². The molecule has 1 fully saturated rings. The van der Waals surface area contributed by atoms with Crippen LogP contribution in [0.4, 0.5) is 4.79 Å². The van der Waals surface area contributed by atoms with Crippen LogP contribution >= 0.6 is 22.9 Å². The molecule has 1 amide bonds. The molecule has 1 saturated heterocycles. The summed E-state index contributed by atoms with van der Waals surface area (Å²) in [5.41, 5.74) is -0.468. The summed E-state index contributed by atoms with van der Waals surface area (Å²) in [6.07, 6.45) is 3.39. The van der Waals surface area contributed by atoms with Gasteiger partial charge >= 0.3 is 6.09 Å². The maximum atomic E-state index is 12.1. The first-order valence-corrected chi connectivity index (χ1v) is 8.22. The van der Waals surface area contributed by atoms with Crippen LogP contribution in [0.15, 0.2) is 6.20 Å². The molecule has 1 aromatic rings. The first-order chi connectivity index (χ1) is 9.85. The molecule has 21 heavy (non-hydrogen) atoms. The smallest absolute Gasteiger partial charge is 0.410 e. The molecule has 0 spiro atoms. The van der Waals surface area contributed by atoms with Gasteiger partial charge < -0.3 is 14.4 Å². The summed E-state index contributed by atoms with van der Waals surface area (Å²) in [5.74, 6) is 0.